The second-order valence-corrected chi connectivity index (χ2v) is 8.43. The van der Waals surface area contributed by atoms with Gasteiger partial charge in [0.1, 0.15) is 4.90 Å². The molecule has 2 aromatic carbocycles. The number of rotatable bonds is 5. The quantitative estimate of drug-likeness (QED) is 0.793. The van der Waals surface area contributed by atoms with Gasteiger partial charge in [0.05, 0.1) is 0 Å². The highest BCUT2D eigenvalue weighted by molar-refractivity contribution is 9.10. The van der Waals surface area contributed by atoms with Crippen LogP contribution in [0.15, 0.2) is 51.8 Å². The number of sulfonamides is 1. The van der Waals surface area contributed by atoms with E-state index in [2.05, 4.69) is 20.7 Å². The molecule has 7 heteroatoms. The Kier molecular flexibility index (Phi) is 5.15. The molecule has 1 aliphatic rings. The zero-order valence-electron chi connectivity index (χ0n) is 13.8. The molecule has 0 saturated carbocycles. The second-order valence-electron chi connectivity index (χ2n) is 5.92. The van der Waals surface area contributed by atoms with Crippen LogP contribution in [-0.4, -0.2) is 20.9 Å². The van der Waals surface area contributed by atoms with Crippen molar-refractivity contribution in [2.45, 2.75) is 31.1 Å². The number of hydrogen-bond donors (Lipinski definition) is 1. The van der Waals surface area contributed by atoms with Gasteiger partial charge in [0.25, 0.3) is 10.0 Å². The zero-order chi connectivity index (χ0) is 18.0. The molecule has 1 amide bonds. The Morgan fingerprint density at radius 2 is 1.92 bits per heavy atom. The molecule has 0 aromatic heterocycles. The predicted molar refractivity (Wildman–Crippen MR) is 102 cm³/mol. The van der Waals surface area contributed by atoms with Crippen LogP contribution in [0.2, 0.25) is 0 Å². The van der Waals surface area contributed by atoms with Gasteiger partial charge in [0.15, 0.2) is 0 Å². The van der Waals surface area contributed by atoms with E-state index < -0.39 is 10.0 Å². The summed E-state index contributed by atoms with van der Waals surface area (Å²) in [7, 11) is -3.68. The highest BCUT2D eigenvalue weighted by Gasteiger charge is 2.24. The van der Waals surface area contributed by atoms with Gasteiger partial charge in [-0.25, -0.2) is 8.42 Å². The van der Waals surface area contributed by atoms with Crippen molar-refractivity contribution >= 4 is 43.2 Å². The number of nitrogens with one attached hydrogen (secondary N) is 1. The Labute approximate surface area is 156 Å². The first-order valence-electron chi connectivity index (χ1n) is 8.13. The fourth-order valence-corrected chi connectivity index (χ4v) is 5.02. The molecule has 0 fully saturated rings. The smallest absolute Gasteiger partial charge is 0.263 e. The Hall–Kier alpha value is -1.86. The van der Waals surface area contributed by atoms with Crippen molar-refractivity contribution < 1.29 is 13.2 Å². The summed E-state index contributed by atoms with van der Waals surface area (Å²) in [6.45, 7) is 2.70. The van der Waals surface area contributed by atoms with Crippen LogP contribution in [0.25, 0.3) is 0 Å². The highest BCUT2D eigenvalue weighted by Crippen LogP contribution is 2.31. The lowest BCUT2D eigenvalue weighted by Crippen LogP contribution is -2.35. The Morgan fingerprint density at radius 1 is 1.16 bits per heavy atom. The predicted octanol–water partition coefficient (Wildman–Crippen LogP) is 3.94. The van der Waals surface area contributed by atoms with Gasteiger partial charge in [-0.3, -0.25) is 9.52 Å². The van der Waals surface area contributed by atoms with Crippen LogP contribution in [0.1, 0.15) is 25.3 Å². The van der Waals surface area contributed by atoms with Crippen LogP contribution in [-0.2, 0) is 21.2 Å². The van der Waals surface area contributed by atoms with Crippen molar-refractivity contribution in [2.75, 3.05) is 16.2 Å². The average Bonchev–Trinajstić information content (AvgIpc) is 2.57. The van der Waals surface area contributed by atoms with E-state index >= 15 is 0 Å². The molecule has 1 N–H and O–H groups in total. The van der Waals surface area contributed by atoms with Crippen LogP contribution >= 0.6 is 15.9 Å². The summed E-state index contributed by atoms with van der Waals surface area (Å²) >= 11 is 3.27. The van der Waals surface area contributed by atoms with Gasteiger partial charge in [-0.05, 0) is 64.7 Å². The van der Waals surface area contributed by atoms with Crippen LogP contribution in [0, 0.1) is 0 Å². The molecule has 0 saturated heterocycles. The van der Waals surface area contributed by atoms with Crippen molar-refractivity contribution in [1.82, 2.24) is 0 Å². The molecule has 0 radical (unpaired) electrons. The van der Waals surface area contributed by atoms with Crippen LogP contribution in [0.4, 0.5) is 11.4 Å². The summed E-state index contributed by atoms with van der Waals surface area (Å²) in [6.07, 6.45) is 1.95. The SMILES string of the molecule is CCCN1C(=O)CCc2cc(NS(=O)(=O)c3ccccc3Br)ccc21. The Balaban J connectivity index is 1.91. The molecular weight excluding hydrogens is 404 g/mol. The molecule has 0 aliphatic carbocycles. The summed E-state index contributed by atoms with van der Waals surface area (Å²) in [5, 5.41) is 0. The van der Waals surface area contributed by atoms with Gasteiger partial charge < -0.3 is 4.90 Å². The molecule has 0 spiro atoms. The Morgan fingerprint density at radius 3 is 2.64 bits per heavy atom. The van der Waals surface area contributed by atoms with E-state index in [4.69, 9.17) is 0 Å². The van der Waals surface area contributed by atoms with Crippen molar-refractivity contribution in [3.8, 4) is 0 Å². The fraction of sp³-hybridized carbons (Fsp3) is 0.278. The molecule has 5 nitrogen and oxygen atoms in total. The second kappa shape index (κ2) is 7.17. The monoisotopic (exact) mass is 422 g/mol. The van der Waals surface area contributed by atoms with E-state index in [1.54, 1.807) is 35.2 Å². The van der Waals surface area contributed by atoms with Gasteiger partial charge in [0.2, 0.25) is 5.91 Å². The van der Waals surface area contributed by atoms with Gasteiger partial charge in [0, 0.05) is 28.8 Å². The van der Waals surface area contributed by atoms with E-state index in [0.717, 1.165) is 17.7 Å². The first-order chi connectivity index (χ1) is 11.9. The topological polar surface area (TPSA) is 66.5 Å². The number of fused-ring (bicyclic) bond motifs is 1. The van der Waals surface area contributed by atoms with Gasteiger partial charge in [-0.2, -0.15) is 0 Å². The van der Waals surface area contributed by atoms with Gasteiger partial charge in [-0.1, -0.05) is 19.1 Å². The van der Waals surface area contributed by atoms with E-state index in [9.17, 15) is 13.2 Å². The maximum atomic E-state index is 12.6. The zero-order valence-corrected chi connectivity index (χ0v) is 16.2. The van der Waals surface area contributed by atoms with E-state index in [0.29, 0.717) is 29.5 Å². The van der Waals surface area contributed by atoms with Gasteiger partial charge >= 0.3 is 0 Å². The number of anilines is 2. The van der Waals surface area contributed by atoms with E-state index in [-0.39, 0.29) is 10.8 Å². The van der Waals surface area contributed by atoms with E-state index in [1.807, 2.05) is 19.1 Å². The average molecular weight is 423 g/mol. The first-order valence-corrected chi connectivity index (χ1v) is 10.4. The summed E-state index contributed by atoms with van der Waals surface area (Å²) in [5.41, 5.74) is 2.36. The number of halogens is 1. The molecular formula is C18H19BrN2O3S. The normalized spacial score (nSPS) is 14.3. The van der Waals surface area contributed by atoms with Crippen molar-refractivity contribution in [3.63, 3.8) is 0 Å². The molecule has 0 atom stereocenters. The molecule has 132 valence electrons. The minimum Gasteiger partial charge on any atom is -0.312 e. The number of hydrogen-bond acceptors (Lipinski definition) is 3. The fourth-order valence-electron chi connectivity index (χ4n) is 2.97. The van der Waals surface area contributed by atoms with E-state index in [1.165, 1.54) is 0 Å². The summed E-state index contributed by atoms with van der Waals surface area (Å²) in [6, 6.07) is 12.0. The number of carbonyl (C=O) groups excluding carboxylic acids is 1. The summed E-state index contributed by atoms with van der Waals surface area (Å²) < 4.78 is 28.3. The number of carbonyl (C=O) groups is 1. The third-order valence-corrected chi connectivity index (χ3v) is 6.50. The van der Waals surface area contributed by atoms with Crippen LogP contribution in [0.5, 0.6) is 0 Å². The largest absolute Gasteiger partial charge is 0.312 e. The number of nitrogens with zero attached hydrogens (tertiary/aromatic N) is 1. The summed E-state index contributed by atoms with van der Waals surface area (Å²) in [4.78, 5) is 14.1. The number of benzene rings is 2. The van der Waals surface area contributed by atoms with Crippen LogP contribution < -0.4 is 9.62 Å². The molecule has 1 heterocycles. The third kappa shape index (κ3) is 3.72. The molecule has 0 unspecified atom stereocenters. The van der Waals surface area contributed by atoms with Crippen molar-refractivity contribution in [1.29, 1.82) is 0 Å². The maximum Gasteiger partial charge on any atom is 0.263 e. The highest BCUT2D eigenvalue weighted by atomic mass is 79.9. The summed E-state index contributed by atoms with van der Waals surface area (Å²) in [5.74, 6) is 0.121. The minimum atomic E-state index is -3.68. The lowest BCUT2D eigenvalue weighted by atomic mass is 10.0. The third-order valence-electron chi connectivity index (χ3n) is 4.11. The molecule has 2 aromatic rings. The standard InChI is InChI=1S/C18H19BrN2O3S/c1-2-11-21-16-9-8-14(12-13(16)7-10-18(21)22)20-25(23,24)17-6-4-3-5-15(17)19/h3-6,8-9,12,20H,2,7,10-11H2,1H3. The maximum absolute atomic E-state index is 12.6. The lowest BCUT2D eigenvalue weighted by molar-refractivity contribution is -0.118. The molecule has 3 rings (SSSR count). The van der Waals surface area contributed by atoms with Crippen LogP contribution in [0.3, 0.4) is 0 Å². The van der Waals surface area contributed by atoms with Crippen molar-refractivity contribution in [2.24, 2.45) is 0 Å². The molecule has 1 aliphatic heterocycles. The lowest BCUT2D eigenvalue weighted by Gasteiger charge is -2.29. The minimum absolute atomic E-state index is 0.121. The number of aryl methyl sites for hydroxylation is 1. The Bertz CT molecular complexity index is 912. The molecule has 0 bridgehead atoms. The molecule has 25 heavy (non-hydrogen) atoms. The van der Waals surface area contributed by atoms with Gasteiger partial charge in [-0.15, -0.1) is 0 Å². The van der Waals surface area contributed by atoms with Crippen molar-refractivity contribution in [3.05, 3.63) is 52.5 Å². The number of amides is 1. The first kappa shape index (κ1) is 17.9.